The zero-order valence-electron chi connectivity index (χ0n) is 18.7. The summed E-state index contributed by atoms with van der Waals surface area (Å²) in [4.78, 5) is 13.5. The van der Waals surface area contributed by atoms with Crippen molar-refractivity contribution in [2.75, 3.05) is 20.2 Å². The largest absolute Gasteiger partial charge is 0.497 e. The van der Waals surface area contributed by atoms with Gasteiger partial charge in [-0.05, 0) is 50.8 Å². The minimum Gasteiger partial charge on any atom is -0.497 e. The smallest absolute Gasteiger partial charge is 0.416 e. The van der Waals surface area contributed by atoms with E-state index in [0.717, 1.165) is 30.3 Å². The number of methoxy groups -OCH3 is 1. The molecule has 5 nitrogen and oxygen atoms in total. The number of hydrogen-bond donors (Lipinski definition) is 0. The number of nitrogens with zero attached hydrogens (tertiary/aromatic N) is 1. The highest BCUT2D eigenvalue weighted by atomic mass is 32.2. The molecule has 0 N–H and O–H groups in total. The van der Waals surface area contributed by atoms with Crippen LogP contribution in [0.15, 0.2) is 41.3 Å². The van der Waals surface area contributed by atoms with Crippen molar-refractivity contribution in [3.05, 3.63) is 59.2 Å². The number of benzene rings is 2. The Morgan fingerprint density at radius 2 is 1.59 bits per heavy atom. The van der Waals surface area contributed by atoms with Crippen molar-refractivity contribution in [1.82, 2.24) is 4.90 Å². The predicted molar refractivity (Wildman–Crippen MR) is 114 cm³/mol. The van der Waals surface area contributed by atoms with Crippen LogP contribution in [0, 0.1) is 17.6 Å². The molecule has 1 aliphatic rings. The third-order valence-corrected chi connectivity index (χ3v) is 8.99. The highest BCUT2D eigenvalue weighted by Crippen LogP contribution is 2.40. The second-order valence-electron chi connectivity index (χ2n) is 8.66. The molecule has 0 aromatic heterocycles. The molecule has 0 unspecified atom stereocenters. The van der Waals surface area contributed by atoms with E-state index in [1.807, 2.05) is 0 Å². The maximum absolute atomic E-state index is 14.3. The Kier molecular flexibility index (Phi) is 6.99. The van der Waals surface area contributed by atoms with Crippen LogP contribution < -0.4 is 4.74 Å². The van der Waals surface area contributed by atoms with Crippen LogP contribution in [0.4, 0.5) is 22.0 Å². The summed E-state index contributed by atoms with van der Waals surface area (Å²) in [7, 11) is -2.94. The van der Waals surface area contributed by atoms with Gasteiger partial charge in [0.25, 0.3) is 5.91 Å². The van der Waals surface area contributed by atoms with E-state index in [9.17, 15) is 35.2 Å². The van der Waals surface area contributed by atoms with Gasteiger partial charge >= 0.3 is 6.18 Å². The van der Waals surface area contributed by atoms with Crippen molar-refractivity contribution in [2.45, 2.75) is 42.5 Å². The van der Waals surface area contributed by atoms with Crippen LogP contribution in [-0.4, -0.2) is 44.2 Å². The summed E-state index contributed by atoms with van der Waals surface area (Å²) < 4.78 is 97.7. The van der Waals surface area contributed by atoms with Crippen molar-refractivity contribution in [1.29, 1.82) is 0 Å². The first kappa shape index (κ1) is 25.9. The molecule has 3 rings (SSSR count). The van der Waals surface area contributed by atoms with Gasteiger partial charge in [-0.3, -0.25) is 4.79 Å². The molecule has 2 aromatic rings. The lowest BCUT2D eigenvalue weighted by atomic mass is 9.85. The second kappa shape index (κ2) is 9.16. The number of likely N-dealkylation sites (tertiary alicyclic amines) is 1. The van der Waals surface area contributed by atoms with Crippen LogP contribution >= 0.6 is 0 Å². The Balaban J connectivity index is 1.79. The number of piperidine rings is 1. The summed E-state index contributed by atoms with van der Waals surface area (Å²) in [5, 5.41) is 0. The SMILES string of the molecule is COc1cc(F)c(C(=O)N2CCC(C(C)(C)S(=O)(=O)c3cccc(C(F)(F)F)c3)CC2)c(F)c1. The molecule has 2 aromatic carbocycles. The average Bonchev–Trinajstić information content (AvgIpc) is 2.77. The number of carbonyl (C=O) groups is 1. The molecule has 0 saturated carbocycles. The lowest BCUT2D eigenvalue weighted by Gasteiger charge is -2.40. The molecule has 0 bridgehead atoms. The average molecular weight is 506 g/mol. The van der Waals surface area contributed by atoms with Crippen molar-refractivity contribution in [2.24, 2.45) is 5.92 Å². The summed E-state index contributed by atoms with van der Waals surface area (Å²) in [6, 6.07) is 5.38. The zero-order chi connectivity index (χ0) is 25.5. The van der Waals surface area contributed by atoms with E-state index in [0.29, 0.717) is 6.07 Å². The minimum atomic E-state index is -4.69. The van der Waals surface area contributed by atoms with Gasteiger partial charge in [-0.15, -0.1) is 0 Å². The van der Waals surface area contributed by atoms with Gasteiger partial charge in [0.2, 0.25) is 0 Å². The quantitative estimate of drug-likeness (QED) is 0.531. The molecule has 1 fully saturated rings. The van der Waals surface area contributed by atoms with Gasteiger partial charge in [-0.2, -0.15) is 13.2 Å². The number of ether oxygens (including phenoxy) is 1. The van der Waals surface area contributed by atoms with Gasteiger partial charge in [0.05, 0.1) is 22.3 Å². The van der Waals surface area contributed by atoms with Crippen LogP contribution in [0.3, 0.4) is 0 Å². The monoisotopic (exact) mass is 505 g/mol. The summed E-state index contributed by atoms with van der Waals surface area (Å²) in [5.74, 6) is -3.59. The van der Waals surface area contributed by atoms with Crippen LogP contribution in [0.1, 0.15) is 42.6 Å². The summed E-state index contributed by atoms with van der Waals surface area (Å²) >= 11 is 0. The molecule has 34 heavy (non-hydrogen) atoms. The van der Waals surface area contributed by atoms with Gasteiger partial charge in [-0.25, -0.2) is 17.2 Å². The molecule has 0 atom stereocenters. The maximum atomic E-state index is 14.3. The fourth-order valence-electron chi connectivity index (χ4n) is 4.17. The molecule has 186 valence electrons. The van der Waals surface area contributed by atoms with Crippen LogP contribution in [0.5, 0.6) is 5.75 Å². The number of amides is 1. The van der Waals surface area contributed by atoms with Crippen LogP contribution in [-0.2, 0) is 16.0 Å². The lowest BCUT2D eigenvalue weighted by Crippen LogP contribution is -2.48. The first-order valence-electron chi connectivity index (χ1n) is 10.4. The van der Waals surface area contributed by atoms with E-state index in [1.54, 1.807) is 0 Å². The fourth-order valence-corrected chi connectivity index (χ4v) is 5.99. The van der Waals surface area contributed by atoms with Gasteiger partial charge in [0, 0.05) is 25.2 Å². The number of rotatable bonds is 5. The zero-order valence-corrected chi connectivity index (χ0v) is 19.6. The molecule has 0 spiro atoms. The third kappa shape index (κ3) is 4.75. The van der Waals surface area contributed by atoms with Crippen molar-refractivity contribution in [3.63, 3.8) is 0 Å². The highest BCUT2D eigenvalue weighted by Gasteiger charge is 2.45. The molecular weight excluding hydrogens is 481 g/mol. The molecule has 0 aliphatic carbocycles. The van der Waals surface area contributed by atoms with E-state index in [4.69, 9.17) is 4.74 Å². The predicted octanol–water partition coefficient (Wildman–Crippen LogP) is 5.10. The van der Waals surface area contributed by atoms with Crippen molar-refractivity contribution in [3.8, 4) is 5.75 Å². The Morgan fingerprint density at radius 3 is 2.09 bits per heavy atom. The van der Waals surface area contributed by atoms with Crippen molar-refractivity contribution >= 4 is 15.7 Å². The van der Waals surface area contributed by atoms with Gasteiger partial charge < -0.3 is 9.64 Å². The normalized spacial score (nSPS) is 15.9. The second-order valence-corrected chi connectivity index (χ2v) is 11.2. The molecule has 11 heteroatoms. The van der Waals surface area contributed by atoms with E-state index in [-0.39, 0.29) is 31.7 Å². The first-order valence-corrected chi connectivity index (χ1v) is 11.9. The molecular formula is C23H24F5NO4S. The van der Waals surface area contributed by atoms with E-state index in [1.165, 1.54) is 25.9 Å². The van der Waals surface area contributed by atoms with E-state index >= 15 is 0 Å². The Hall–Kier alpha value is -2.69. The number of hydrogen-bond acceptors (Lipinski definition) is 4. The van der Waals surface area contributed by atoms with Crippen LogP contribution in [0.25, 0.3) is 0 Å². The van der Waals surface area contributed by atoms with Gasteiger partial charge in [0.15, 0.2) is 9.84 Å². The Bertz CT molecular complexity index is 1160. The maximum Gasteiger partial charge on any atom is 0.416 e. The third-order valence-electron chi connectivity index (χ3n) is 6.39. The van der Waals surface area contributed by atoms with Gasteiger partial charge in [-0.1, -0.05) is 6.07 Å². The standard InChI is InChI=1S/C23H24F5NO4S/c1-22(2,34(31,32)17-6-4-5-15(11-17)23(26,27)28)14-7-9-29(10-8-14)21(30)20-18(24)12-16(33-3)13-19(20)25/h4-6,11-14H,7-10H2,1-3H3. The molecule has 1 saturated heterocycles. The summed E-state index contributed by atoms with van der Waals surface area (Å²) in [6.07, 6.45) is -4.31. The number of sulfone groups is 1. The topological polar surface area (TPSA) is 63.7 Å². The number of alkyl halides is 3. The fraction of sp³-hybridized carbons (Fsp3) is 0.435. The lowest BCUT2D eigenvalue weighted by molar-refractivity contribution is -0.137. The Labute approximate surface area is 194 Å². The van der Waals surface area contributed by atoms with E-state index < -0.39 is 60.2 Å². The highest BCUT2D eigenvalue weighted by molar-refractivity contribution is 7.92. The van der Waals surface area contributed by atoms with Gasteiger partial charge in [0.1, 0.15) is 22.9 Å². The molecule has 1 amide bonds. The first-order chi connectivity index (χ1) is 15.7. The Morgan fingerprint density at radius 1 is 1.03 bits per heavy atom. The molecule has 1 heterocycles. The molecule has 0 radical (unpaired) electrons. The van der Waals surface area contributed by atoms with Crippen molar-refractivity contribution < 1.29 is 39.9 Å². The minimum absolute atomic E-state index is 0.0376. The summed E-state index contributed by atoms with van der Waals surface area (Å²) in [5.41, 5.74) is -1.79. The number of halogens is 5. The molecule has 1 aliphatic heterocycles. The number of carbonyl (C=O) groups excluding carboxylic acids is 1. The van der Waals surface area contributed by atoms with Crippen LogP contribution in [0.2, 0.25) is 0 Å². The summed E-state index contributed by atoms with van der Waals surface area (Å²) in [6.45, 7) is 2.95. The van der Waals surface area contributed by atoms with E-state index in [2.05, 4.69) is 0 Å².